The summed E-state index contributed by atoms with van der Waals surface area (Å²) in [6, 6.07) is 12.6. The van der Waals surface area contributed by atoms with Crippen LogP contribution in [-0.2, 0) is 0 Å². The average Bonchev–Trinajstić information content (AvgIpc) is 2.82. The van der Waals surface area contributed by atoms with Crippen molar-refractivity contribution in [1.82, 2.24) is 0 Å². The van der Waals surface area contributed by atoms with Gasteiger partial charge in [-0.3, -0.25) is 0 Å². The highest BCUT2D eigenvalue weighted by molar-refractivity contribution is 5.17. The largest absolute Gasteiger partial charge is 0.315 e. The Morgan fingerprint density at radius 2 is 1.65 bits per heavy atom. The lowest BCUT2D eigenvalue weighted by Crippen LogP contribution is -2.53. The van der Waals surface area contributed by atoms with Gasteiger partial charge in [0.15, 0.2) is 0 Å². The predicted molar refractivity (Wildman–Crippen MR) is 73.8 cm³/mol. The number of quaternary nitrogens is 1. The van der Waals surface area contributed by atoms with Crippen LogP contribution in [0.3, 0.4) is 0 Å². The van der Waals surface area contributed by atoms with Gasteiger partial charge in [0, 0.05) is 24.8 Å². The minimum absolute atomic E-state index is 0.693. The smallest absolute Gasteiger partial charge is 0.115 e. The molecule has 0 amide bonds. The fourth-order valence-electron chi connectivity index (χ4n) is 3.68. The third-order valence-corrected chi connectivity index (χ3v) is 4.62. The second-order valence-electron chi connectivity index (χ2n) is 5.69. The minimum atomic E-state index is 0.693. The highest BCUT2D eigenvalue weighted by Crippen LogP contribution is 2.38. The third-order valence-electron chi connectivity index (χ3n) is 4.62. The van der Waals surface area contributed by atoms with Crippen LogP contribution in [-0.4, -0.2) is 23.6 Å². The van der Waals surface area contributed by atoms with Crippen LogP contribution in [0.25, 0.3) is 0 Å². The maximum atomic E-state index is 2.40. The molecular formula is C16H26N+. The summed E-state index contributed by atoms with van der Waals surface area (Å²) in [4.78, 5) is 0. The highest BCUT2D eigenvalue weighted by Gasteiger charge is 2.41. The van der Waals surface area contributed by atoms with Gasteiger partial charge in [0.1, 0.15) is 6.04 Å². The molecule has 1 saturated heterocycles. The molecule has 0 bridgehead atoms. The van der Waals surface area contributed by atoms with Gasteiger partial charge in [0.25, 0.3) is 0 Å². The lowest BCUT2D eigenvalue weighted by atomic mass is 9.98. The monoisotopic (exact) mass is 232 g/mol. The topological polar surface area (TPSA) is 0 Å². The Balaban J connectivity index is 2.33. The van der Waals surface area contributed by atoms with Crippen molar-refractivity contribution in [2.45, 2.75) is 52.1 Å². The lowest BCUT2D eigenvalue weighted by molar-refractivity contribution is -0.965. The van der Waals surface area contributed by atoms with Crippen LogP contribution in [0, 0.1) is 0 Å². The first-order valence-electron chi connectivity index (χ1n) is 7.12. The van der Waals surface area contributed by atoms with Gasteiger partial charge in [-0.15, -0.1) is 0 Å². The van der Waals surface area contributed by atoms with E-state index in [2.05, 4.69) is 51.1 Å². The molecule has 1 aromatic carbocycles. The van der Waals surface area contributed by atoms with E-state index in [0.717, 1.165) is 6.04 Å². The zero-order chi connectivity index (χ0) is 12.3. The van der Waals surface area contributed by atoms with Gasteiger partial charge in [-0.05, 0) is 13.8 Å². The standard InChI is InChI=1S/C16H26N/c1-4-16(15-10-6-5-7-11-15)17(14(2)3)12-8-9-13-17/h5-7,10-11,14,16H,4,8-9,12-13H2,1-3H3/q+1. The molecule has 2 rings (SSSR count). The molecule has 0 N–H and O–H groups in total. The van der Waals surface area contributed by atoms with Crippen molar-refractivity contribution in [2.75, 3.05) is 13.1 Å². The first-order chi connectivity index (χ1) is 8.20. The Morgan fingerprint density at radius 1 is 1.06 bits per heavy atom. The molecule has 0 aliphatic carbocycles. The van der Waals surface area contributed by atoms with Crippen LogP contribution < -0.4 is 0 Å². The maximum Gasteiger partial charge on any atom is 0.115 e. The van der Waals surface area contributed by atoms with Crippen LogP contribution >= 0.6 is 0 Å². The summed E-state index contributed by atoms with van der Waals surface area (Å²) in [5.74, 6) is 0. The molecule has 1 aliphatic rings. The molecule has 0 saturated carbocycles. The van der Waals surface area contributed by atoms with E-state index in [9.17, 15) is 0 Å². The summed E-state index contributed by atoms with van der Waals surface area (Å²) >= 11 is 0. The van der Waals surface area contributed by atoms with Gasteiger partial charge in [0.05, 0.1) is 19.1 Å². The van der Waals surface area contributed by atoms with Crippen LogP contribution in [0.4, 0.5) is 0 Å². The number of likely N-dealkylation sites (tertiary alicyclic amines) is 1. The summed E-state index contributed by atoms with van der Waals surface area (Å²) in [6.45, 7) is 9.88. The molecule has 1 atom stereocenters. The van der Waals surface area contributed by atoms with Crippen LogP contribution in [0.1, 0.15) is 51.6 Å². The maximum absolute atomic E-state index is 2.40. The molecule has 17 heavy (non-hydrogen) atoms. The Morgan fingerprint density at radius 3 is 2.12 bits per heavy atom. The second kappa shape index (κ2) is 5.22. The van der Waals surface area contributed by atoms with Gasteiger partial charge in [-0.25, -0.2) is 0 Å². The van der Waals surface area contributed by atoms with E-state index in [-0.39, 0.29) is 0 Å². The molecule has 1 aromatic rings. The first kappa shape index (κ1) is 12.6. The van der Waals surface area contributed by atoms with E-state index >= 15 is 0 Å². The van der Waals surface area contributed by atoms with E-state index < -0.39 is 0 Å². The molecule has 0 aromatic heterocycles. The van der Waals surface area contributed by atoms with E-state index in [4.69, 9.17) is 0 Å². The van der Waals surface area contributed by atoms with Gasteiger partial charge >= 0.3 is 0 Å². The number of benzene rings is 1. The number of hydrogen-bond acceptors (Lipinski definition) is 0. The van der Waals surface area contributed by atoms with Gasteiger partial charge in [-0.2, -0.15) is 0 Å². The van der Waals surface area contributed by atoms with E-state index in [1.807, 2.05) is 0 Å². The zero-order valence-corrected chi connectivity index (χ0v) is 11.5. The SMILES string of the molecule is CCC(c1ccccc1)[N+]1(C(C)C)CCCC1. The molecular weight excluding hydrogens is 206 g/mol. The Hall–Kier alpha value is -0.820. The normalized spacial score (nSPS) is 20.7. The Labute approximate surface area is 106 Å². The third kappa shape index (κ3) is 2.26. The van der Waals surface area contributed by atoms with Crippen LogP contribution in [0.2, 0.25) is 0 Å². The van der Waals surface area contributed by atoms with Crippen molar-refractivity contribution in [2.24, 2.45) is 0 Å². The highest BCUT2D eigenvalue weighted by atomic mass is 15.4. The summed E-state index contributed by atoms with van der Waals surface area (Å²) in [7, 11) is 0. The molecule has 1 aliphatic heterocycles. The van der Waals surface area contributed by atoms with Crippen molar-refractivity contribution >= 4 is 0 Å². The fraction of sp³-hybridized carbons (Fsp3) is 0.625. The molecule has 1 fully saturated rings. The summed E-state index contributed by atoms with van der Waals surface area (Å²) in [5.41, 5.74) is 1.53. The quantitative estimate of drug-likeness (QED) is 0.684. The lowest BCUT2D eigenvalue weighted by Gasteiger charge is -2.45. The molecule has 1 unspecified atom stereocenters. The fourth-order valence-corrected chi connectivity index (χ4v) is 3.68. The number of rotatable bonds is 4. The summed E-state index contributed by atoms with van der Waals surface area (Å²) < 4.78 is 1.31. The van der Waals surface area contributed by atoms with Crippen LogP contribution in [0.15, 0.2) is 30.3 Å². The van der Waals surface area contributed by atoms with E-state index in [0.29, 0.717) is 6.04 Å². The number of nitrogens with zero attached hydrogens (tertiary/aromatic N) is 1. The van der Waals surface area contributed by atoms with Crippen molar-refractivity contribution < 1.29 is 4.48 Å². The summed E-state index contributed by atoms with van der Waals surface area (Å²) in [5, 5.41) is 0. The van der Waals surface area contributed by atoms with Gasteiger partial charge in [-0.1, -0.05) is 37.3 Å². The van der Waals surface area contributed by atoms with E-state index in [1.54, 1.807) is 0 Å². The minimum Gasteiger partial charge on any atom is -0.315 e. The van der Waals surface area contributed by atoms with Crippen molar-refractivity contribution in [3.8, 4) is 0 Å². The molecule has 1 nitrogen and oxygen atoms in total. The van der Waals surface area contributed by atoms with Crippen molar-refractivity contribution in [3.05, 3.63) is 35.9 Å². The average molecular weight is 232 g/mol. The Kier molecular flexibility index (Phi) is 3.88. The second-order valence-corrected chi connectivity index (χ2v) is 5.69. The van der Waals surface area contributed by atoms with Gasteiger partial charge in [0.2, 0.25) is 0 Å². The predicted octanol–water partition coefficient (Wildman–Crippen LogP) is 4.16. The van der Waals surface area contributed by atoms with Crippen molar-refractivity contribution in [3.63, 3.8) is 0 Å². The van der Waals surface area contributed by atoms with E-state index in [1.165, 1.54) is 42.4 Å². The van der Waals surface area contributed by atoms with Crippen molar-refractivity contribution in [1.29, 1.82) is 0 Å². The zero-order valence-electron chi connectivity index (χ0n) is 11.5. The molecule has 0 spiro atoms. The molecule has 1 heterocycles. The molecule has 94 valence electrons. The van der Waals surface area contributed by atoms with Crippen LogP contribution in [0.5, 0.6) is 0 Å². The molecule has 1 heteroatoms. The van der Waals surface area contributed by atoms with Gasteiger partial charge < -0.3 is 4.48 Å². The Bertz CT molecular complexity index is 336. The first-order valence-corrected chi connectivity index (χ1v) is 7.12. The number of hydrogen-bond donors (Lipinski definition) is 0. The molecule has 0 radical (unpaired) electrons. The summed E-state index contributed by atoms with van der Waals surface area (Å²) in [6.07, 6.45) is 4.06.